The van der Waals surface area contributed by atoms with Crippen molar-refractivity contribution in [3.8, 4) is 0 Å². The Bertz CT molecular complexity index is 296. The van der Waals surface area contributed by atoms with E-state index in [4.69, 9.17) is 4.74 Å². The van der Waals surface area contributed by atoms with Crippen molar-refractivity contribution in [2.24, 2.45) is 11.8 Å². The number of nitrogens with zero attached hydrogens (tertiary/aromatic N) is 1. The number of likely N-dealkylation sites (tertiary alicyclic amines) is 1. The van der Waals surface area contributed by atoms with E-state index in [0.717, 1.165) is 13.0 Å². The van der Waals surface area contributed by atoms with E-state index >= 15 is 0 Å². The standard InChI is InChI=1S/C14H27NO3/c1-9(2)11-7-8-15(12(11)13(16)17)10(3)18-14(4,5)6/h9-12H,7-8H2,1-6H3,(H,16,17)/t10?,11-,12+/m1/s1. The summed E-state index contributed by atoms with van der Waals surface area (Å²) in [5, 5.41) is 9.45. The fourth-order valence-corrected chi connectivity index (χ4v) is 2.85. The number of carbonyl (C=O) groups is 1. The van der Waals surface area contributed by atoms with Crippen molar-refractivity contribution in [3.63, 3.8) is 0 Å². The number of carboxylic acid groups (broad SMARTS) is 1. The highest BCUT2D eigenvalue weighted by Crippen LogP contribution is 2.33. The van der Waals surface area contributed by atoms with Gasteiger partial charge in [-0.2, -0.15) is 0 Å². The van der Waals surface area contributed by atoms with Gasteiger partial charge in [0.2, 0.25) is 0 Å². The normalized spacial score (nSPS) is 27.7. The van der Waals surface area contributed by atoms with Crippen molar-refractivity contribution in [1.29, 1.82) is 0 Å². The lowest BCUT2D eigenvalue weighted by Gasteiger charge is -2.35. The summed E-state index contributed by atoms with van der Waals surface area (Å²) in [6.07, 6.45) is 0.779. The molecule has 106 valence electrons. The number of hydrogen-bond donors (Lipinski definition) is 1. The Hall–Kier alpha value is -0.610. The second-order valence-electron chi connectivity index (χ2n) is 6.55. The second kappa shape index (κ2) is 5.57. The molecule has 1 rings (SSSR count). The number of carboxylic acids is 1. The third-order valence-electron chi connectivity index (χ3n) is 3.58. The van der Waals surface area contributed by atoms with Gasteiger partial charge in [-0.25, -0.2) is 0 Å². The molecule has 0 spiro atoms. The molecule has 4 nitrogen and oxygen atoms in total. The number of hydrogen-bond acceptors (Lipinski definition) is 3. The Morgan fingerprint density at radius 2 is 1.89 bits per heavy atom. The molecule has 0 aromatic rings. The fourth-order valence-electron chi connectivity index (χ4n) is 2.85. The van der Waals surface area contributed by atoms with Crippen molar-refractivity contribution in [3.05, 3.63) is 0 Å². The highest BCUT2D eigenvalue weighted by Gasteiger charge is 2.43. The van der Waals surface area contributed by atoms with Gasteiger partial charge in [0.25, 0.3) is 0 Å². The molecule has 1 fully saturated rings. The maximum absolute atomic E-state index is 11.5. The van der Waals surface area contributed by atoms with Crippen LogP contribution in [0.15, 0.2) is 0 Å². The summed E-state index contributed by atoms with van der Waals surface area (Å²) in [5.41, 5.74) is -0.252. The minimum Gasteiger partial charge on any atom is -0.480 e. The molecule has 0 amide bonds. The summed E-state index contributed by atoms with van der Waals surface area (Å²) in [7, 11) is 0. The van der Waals surface area contributed by atoms with Crippen LogP contribution in [0.2, 0.25) is 0 Å². The molecule has 0 bridgehead atoms. The number of aliphatic carboxylic acids is 1. The molecule has 0 saturated carbocycles. The lowest BCUT2D eigenvalue weighted by Crippen LogP contribution is -2.48. The van der Waals surface area contributed by atoms with Gasteiger partial charge in [-0.05, 0) is 46.0 Å². The minimum atomic E-state index is -0.726. The Morgan fingerprint density at radius 3 is 2.28 bits per heavy atom. The third kappa shape index (κ3) is 3.69. The predicted octanol–water partition coefficient (Wildman–Crippen LogP) is 2.58. The van der Waals surface area contributed by atoms with Gasteiger partial charge in [-0.1, -0.05) is 13.8 Å². The van der Waals surface area contributed by atoms with E-state index in [-0.39, 0.29) is 17.7 Å². The van der Waals surface area contributed by atoms with Crippen LogP contribution < -0.4 is 0 Å². The fraction of sp³-hybridized carbons (Fsp3) is 0.929. The van der Waals surface area contributed by atoms with Crippen molar-refractivity contribution in [2.45, 2.75) is 65.8 Å². The Kier molecular flexibility index (Phi) is 4.78. The van der Waals surface area contributed by atoms with Crippen LogP contribution in [0.1, 0.15) is 48.0 Å². The molecule has 1 heterocycles. The summed E-state index contributed by atoms with van der Waals surface area (Å²) in [4.78, 5) is 13.5. The van der Waals surface area contributed by atoms with E-state index < -0.39 is 12.0 Å². The lowest BCUT2D eigenvalue weighted by atomic mass is 9.89. The van der Waals surface area contributed by atoms with E-state index in [2.05, 4.69) is 13.8 Å². The van der Waals surface area contributed by atoms with Crippen molar-refractivity contribution < 1.29 is 14.6 Å². The number of ether oxygens (including phenoxy) is 1. The first-order valence-corrected chi connectivity index (χ1v) is 6.80. The molecule has 1 aliphatic heterocycles. The summed E-state index contributed by atoms with van der Waals surface area (Å²) >= 11 is 0. The monoisotopic (exact) mass is 257 g/mol. The molecule has 4 heteroatoms. The van der Waals surface area contributed by atoms with Crippen molar-refractivity contribution in [2.75, 3.05) is 6.54 Å². The van der Waals surface area contributed by atoms with Crippen LogP contribution in [0.4, 0.5) is 0 Å². The average Bonchev–Trinajstić information content (AvgIpc) is 2.58. The molecule has 1 unspecified atom stereocenters. The van der Waals surface area contributed by atoms with Gasteiger partial charge in [-0.15, -0.1) is 0 Å². The first kappa shape index (κ1) is 15.4. The Morgan fingerprint density at radius 1 is 1.33 bits per heavy atom. The number of rotatable bonds is 4. The molecule has 0 aromatic heterocycles. The molecule has 0 aliphatic carbocycles. The van der Waals surface area contributed by atoms with Crippen LogP contribution in [-0.4, -0.2) is 40.4 Å². The molecule has 3 atom stereocenters. The largest absolute Gasteiger partial charge is 0.480 e. The van der Waals surface area contributed by atoms with Gasteiger partial charge in [0.05, 0.1) is 5.60 Å². The average molecular weight is 257 g/mol. The molecule has 1 saturated heterocycles. The van der Waals surface area contributed by atoms with E-state index in [0.29, 0.717) is 5.92 Å². The molecule has 0 aromatic carbocycles. The van der Waals surface area contributed by atoms with Gasteiger partial charge in [-0.3, -0.25) is 9.69 Å². The van der Waals surface area contributed by atoms with E-state index in [1.54, 1.807) is 0 Å². The molecular formula is C14H27NO3. The zero-order valence-corrected chi connectivity index (χ0v) is 12.4. The van der Waals surface area contributed by atoms with Gasteiger partial charge in [0.15, 0.2) is 0 Å². The van der Waals surface area contributed by atoms with Crippen LogP contribution in [0.25, 0.3) is 0 Å². The zero-order chi connectivity index (χ0) is 14.1. The van der Waals surface area contributed by atoms with Crippen LogP contribution in [-0.2, 0) is 9.53 Å². The summed E-state index contributed by atoms with van der Waals surface area (Å²) in [6, 6.07) is -0.414. The second-order valence-corrected chi connectivity index (χ2v) is 6.55. The molecule has 0 radical (unpaired) electrons. The highest BCUT2D eigenvalue weighted by molar-refractivity contribution is 5.74. The zero-order valence-electron chi connectivity index (χ0n) is 12.4. The van der Waals surface area contributed by atoms with Gasteiger partial charge in [0, 0.05) is 6.54 Å². The van der Waals surface area contributed by atoms with E-state index in [9.17, 15) is 9.90 Å². The van der Waals surface area contributed by atoms with E-state index in [1.807, 2.05) is 32.6 Å². The summed E-state index contributed by atoms with van der Waals surface area (Å²) < 4.78 is 5.89. The third-order valence-corrected chi connectivity index (χ3v) is 3.58. The summed E-state index contributed by atoms with van der Waals surface area (Å²) in [5.74, 6) is -0.123. The van der Waals surface area contributed by atoms with Crippen molar-refractivity contribution in [1.82, 2.24) is 4.90 Å². The van der Waals surface area contributed by atoms with Gasteiger partial charge >= 0.3 is 5.97 Å². The van der Waals surface area contributed by atoms with Crippen molar-refractivity contribution >= 4 is 5.97 Å². The SMILES string of the molecule is CC(C)[C@H]1CCN(C(C)OC(C)(C)C)[C@@H]1C(=O)O. The van der Waals surface area contributed by atoms with Crippen LogP contribution in [0.5, 0.6) is 0 Å². The highest BCUT2D eigenvalue weighted by atomic mass is 16.5. The predicted molar refractivity (Wildman–Crippen MR) is 71.4 cm³/mol. The minimum absolute atomic E-state index is 0.158. The molecule has 1 N–H and O–H groups in total. The first-order valence-electron chi connectivity index (χ1n) is 6.80. The molecular weight excluding hydrogens is 230 g/mol. The maximum atomic E-state index is 11.5. The van der Waals surface area contributed by atoms with Crippen LogP contribution >= 0.6 is 0 Å². The van der Waals surface area contributed by atoms with E-state index in [1.165, 1.54) is 0 Å². The molecule has 18 heavy (non-hydrogen) atoms. The molecule has 1 aliphatic rings. The van der Waals surface area contributed by atoms with Gasteiger partial charge in [0.1, 0.15) is 12.3 Å². The van der Waals surface area contributed by atoms with Crippen LogP contribution in [0.3, 0.4) is 0 Å². The topological polar surface area (TPSA) is 49.8 Å². The smallest absolute Gasteiger partial charge is 0.321 e. The van der Waals surface area contributed by atoms with Crippen LogP contribution in [0, 0.1) is 11.8 Å². The summed E-state index contributed by atoms with van der Waals surface area (Å²) in [6.45, 7) is 12.9. The van der Waals surface area contributed by atoms with Gasteiger partial charge < -0.3 is 9.84 Å². The quantitative estimate of drug-likeness (QED) is 0.841. The Balaban J connectivity index is 2.79. The Labute approximate surface area is 110 Å². The maximum Gasteiger partial charge on any atom is 0.321 e. The lowest BCUT2D eigenvalue weighted by molar-refractivity contribution is -0.160. The first-order chi connectivity index (χ1) is 8.13.